The summed E-state index contributed by atoms with van der Waals surface area (Å²) in [6.45, 7) is 0.681. The first-order chi connectivity index (χ1) is 11.0. The first-order valence-electron chi connectivity index (χ1n) is 7.15. The zero-order chi connectivity index (χ0) is 16.4. The number of carbonyl (C=O) groups is 1. The molecule has 23 heavy (non-hydrogen) atoms. The van der Waals surface area contributed by atoms with Crippen LogP contribution in [0.3, 0.4) is 0 Å². The monoisotopic (exact) mass is 394 g/mol. The first kappa shape index (κ1) is 16.0. The Morgan fingerprint density at radius 2 is 1.74 bits per heavy atom. The lowest BCUT2D eigenvalue weighted by molar-refractivity contribution is -0.117. The highest BCUT2D eigenvalue weighted by Crippen LogP contribution is 2.26. The number of amides is 1. The van der Waals surface area contributed by atoms with Gasteiger partial charge >= 0.3 is 0 Å². The fourth-order valence-electron chi connectivity index (χ4n) is 2.47. The van der Waals surface area contributed by atoms with Crippen molar-refractivity contribution in [3.05, 3.63) is 53.0 Å². The van der Waals surface area contributed by atoms with Crippen LogP contribution in [0.25, 0.3) is 0 Å². The van der Waals surface area contributed by atoms with Crippen LogP contribution in [0.1, 0.15) is 12.8 Å². The fraction of sp³-hybridized carbons (Fsp3) is 0.188. The minimum Gasteiger partial charge on any atom is -0.312 e. The lowest BCUT2D eigenvalue weighted by Gasteiger charge is -2.16. The van der Waals surface area contributed by atoms with Crippen molar-refractivity contribution in [2.75, 3.05) is 16.2 Å². The largest absolute Gasteiger partial charge is 0.312 e. The summed E-state index contributed by atoms with van der Waals surface area (Å²) in [5.74, 6) is 0.0759. The molecule has 1 aliphatic heterocycles. The summed E-state index contributed by atoms with van der Waals surface area (Å²) in [6.07, 6.45) is 1.38. The van der Waals surface area contributed by atoms with E-state index in [2.05, 4.69) is 20.7 Å². The maximum absolute atomic E-state index is 12.4. The van der Waals surface area contributed by atoms with Gasteiger partial charge in [-0.15, -0.1) is 0 Å². The SMILES string of the molecule is O=C1CCCN1c1ccc(S(=O)(=O)Nc2ccccc2Br)cc1. The number of carbonyl (C=O) groups excluding carboxylic acids is 1. The minimum atomic E-state index is -3.67. The molecule has 2 aromatic carbocycles. The third kappa shape index (κ3) is 3.40. The molecule has 0 atom stereocenters. The van der Waals surface area contributed by atoms with Gasteiger partial charge in [0.05, 0.1) is 10.6 Å². The van der Waals surface area contributed by atoms with Crippen molar-refractivity contribution < 1.29 is 13.2 Å². The Hall–Kier alpha value is -1.86. The number of sulfonamides is 1. The molecule has 1 saturated heterocycles. The van der Waals surface area contributed by atoms with E-state index in [4.69, 9.17) is 0 Å². The number of halogens is 1. The molecular weight excluding hydrogens is 380 g/mol. The number of para-hydroxylation sites is 1. The quantitative estimate of drug-likeness (QED) is 0.863. The van der Waals surface area contributed by atoms with Crippen LogP contribution in [-0.4, -0.2) is 20.9 Å². The van der Waals surface area contributed by atoms with Crippen LogP contribution >= 0.6 is 15.9 Å². The van der Waals surface area contributed by atoms with E-state index >= 15 is 0 Å². The number of anilines is 2. The molecule has 1 heterocycles. The lowest BCUT2D eigenvalue weighted by atomic mass is 10.3. The van der Waals surface area contributed by atoms with E-state index in [1.54, 1.807) is 35.2 Å². The second kappa shape index (κ2) is 6.33. The number of benzene rings is 2. The molecule has 120 valence electrons. The number of hydrogen-bond acceptors (Lipinski definition) is 3. The molecule has 0 radical (unpaired) electrons. The van der Waals surface area contributed by atoms with E-state index in [-0.39, 0.29) is 10.8 Å². The van der Waals surface area contributed by atoms with Gasteiger partial charge in [-0.1, -0.05) is 12.1 Å². The lowest BCUT2D eigenvalue weighted by Crippen LogP contribution is -2.23. The maximum Gasteiger partial charge on any atom is 0.261 e. The van der Waals surface area contributed by atoms with E-state index in [0.717, 1.165) is 12.1 Å². The van der Waals surface area contributed by atoms with E-state index in [1.807, 2.05) is 6.07 Å². The van der Waals surface area contributed by atoms with Crippen LogP contribution in [0.15, 0.2) is 57.9 Å². The molecule has 1 aliphatic rings. The van der Waals surface area contributed by atoms with Crippen molar-refractivity contribution in [1.82, 2.24) is 0 Å². The van der Waals surface area contributed by atoms with Crippen molar-refractivity contribution in [2.45, 2.75) is 17.7 Å². The standard InChI is InChI=1S/C16H15BrN2O3S/c17-14-4-1-2-5-15(14)18-23(21,22)13-9-7-12(8-10-13)19-11-3-6-16(19)20/h1-2,4-5,7-10,18H,3,6,11H2. The summed E-state index contributed by atoms with van der Waals surface area (Å²) in [5, 5.41) is 0. The van der Waals surface area contributed by atoms with Crippen LogP contribution < -0.4 is 9.62 Å². The van der Waals surface area contributed by atoms with E-state index in [9.17, 15) is 13.2 Å². The molecule has 1 fully saturated rings. The Kier molecular flexibility index (Phi) is 4.41. The maximum atomic E-state index is 12.4. The predicted octanol–water partition coefficient (Wildman–Crippen LogP) is 3.38. The fourth-order valence-corrected chi connectivity index (χ4v) is 4.07. The van der Waals surface area contributed by atoms with Gasteiger partial charge in [-0.05, 0) is 58.7 Å². The number of hydrogen-bond donors (Lipinski definition) is 1. The Morgan fingerprint density at radius 1 is 1.04 bits per heavy atom. The van der Waals surface area contributed by atoms with Gasteiger partial charge in [0, 0.05) is 23.1 Å². The van der Waals surface area contributed by atoms with Gasteiger partial charge in [-0.25, -0.2) is 8.42 Å². The summed E-state index contributed by atoms with van der Waals surface area (Å²) in [4.78, 5) is 13.6. The third-order valence-corrected chi connectivity index (χ3v) is 5.72. The molecule has 5 nitrogen and oxygen atoms in total. The van der Waals surface area contributed by atoms with E-state index < -0.39 is 10.0 Å². The second-order valence-corrected chi connectivity index (χ2v) is 7.76. The first-order valence-corrected chi connectivity index (χ1v) is 9.43. The van der Waals surface area contributed by atoms with E-state index in [1.165, 1.54) is 12.1 Å². The van der Waals surface area contributed by atoms with Gasteiger partial charge in [0.1, 0.15) is 0 Å². The van der Waals surface area contributed by atoms with Crippen LogP contribution in [0.2, 0.25) is 0 Å². The normalized spacial score (nSPS) is 15.0. The minimum absolute atomic E-state index is 0.0759. The van der Waals surface area contributed by atoms with Crippen LogP contribution in [0, 0.1) is 0 Å². The second-order valence-electron chi connectivity index (χ2n) is 5.23. The third-order valence-electron chi connectivity index (χ3n) is 3.65. The molecule has 0 saturated carbocycles. The highest BCUT2D eigenvalue weighted by atomic mass is 79.9. The molecular formula is C16H15BrN2O3S. The summed E-state index contributed by atoms with van der Waals surface area (Å²) in [6, 6.07) is 13.4. The number of rotatable bonds is 4. The Labute approximate surface area is 143 Å². The van der Waals surface area contributed by atoms with Crippen molar-refractivity contribution in [2.24, 2.45) is 0 Å². The molecule has 7 heteroatoms. The molecule has 0 unspecified atom stereocenters. The van der Waals surface area contributed by atoms with Crippen molar-refractivity contribution in [3.8, 4) is 0 Å². The molecule has 2 aromatic rings. The van der Waals surface area contributed by atoms with Gasteiger partial charge in [0.2, 0.25) is 5.91 Å². The molecule has 0 bridgehead atoms. The van der Waals surface area contributed by atoms with Gasteiger partial charge < -0.3 is 4.90 Å². The highest BCUT2D eigenvalue weighted by Gasteiger charge is 2.22. The summed E-state index contributed by atoms with van der Waals surface area (Å²) >= 11 is 3.31. The van der Waals surface area contributed by atoms with Gasteiger partial charge in [-0.3, -0.25) is 9.52 Å². The van der Waals surface area contributed by atoms with Gasteiger partial charge in [0.25, 0.3) is 10.0 Å². The Bertz CT molecular complexity index is 835. The Balaban J connectivity index is 1.83. The smallest absolute Gasteiger partial charge is 0.261 e. The van der Waals surface area contributed by atoms with Crippen LogP contribution in [0.5, 0.6) is 0 Å². The van der Waals surface area contributed by atoms with Crippen LogP contribution in [-0.2, 0) is 14.8 Å². The average molecular weight is 395 g/mol. The molecule has 1 amide bonds. The predicted molar refractivity (Wildman–Crippen MR) is 93.0 cm³/mol. The average Bonchev–Trinajstić information content (AvgIpc) is 2.96. The number of nitrogens with one attached hydrogen (secondary N) is 1. The van der Waals surface area contributed by atoms with Crippen LogP contribution in [0.4, 0.5) is 11.4 Å². The zero-order valence-electron chi connectivity index (χ0n) is 12.2. The van der Waals surface area contributed by atoms with Crippen molar-refractivity contribution in [1.29, 1.82) is 0 Å². The van der Waals surface area contributed by atoms with Gasteiger partial charge in [-0.2, -0.15) is 0 Å². The summed E-state index contributed by atoms with van der Waals surface area (Å²) < 4.78 is 28.1. The summed E-state index contributed by atoms with van der Waals surface area (Å²) in [5.41, 5.74) is 1.21. The zero-order valence-corrected chi connectivity index (χ0v) is 14.6. The topological polar surface area (TPSA) is 66.5 Å². The van der Waals surface area contributed by atoms with Gasteiger partial charge in [0.15, 0.2) is 0 Å². The number of nitrogens with zero attached hydrogens (tertiary/aromatic N) is 1. The summed E-state index contributed by atoms with van der Waals surface area (Å²) in [7, 11) is -3.67. The Morgan fingerprint density at radius 3 is 2.35 bits per heavy atom. The highest BCUT2D eigenvalue weighted by molar-refractivity contribution is 9.10. The molecule has 0 aromatic heterocycles. The van der Waals surface area contributed by atoms with Crippen molar-refractivity contribution in [3.63, 3.8) is 0 Å². The molecule has 3 rings (SSSR count). The molecule has 0 aliphatic carbocycles. The molecule has 0 spiro atoms. The van der Waals surface area contributed by atoms with E-state index in [0.29, 0.717) is 23.1 Å². The molecule has 1 N–H and O–H groups in total. The van der Waals surface area contributed by atoms with Crippen molar-refractivity contribution >= 4 is 43.2 Å².